The van der Waals surface area contributed by atoms with Crippen LogP contribution in [0, 0.1) is 6.92 Å². The zero-order valence-corrected chi connectivity index (χ0v) is 18.2. The van der Waals surface area contributed by atoms with Crippen molar-refractivity contribution in [1.29, 1.82) is 0 Å². The molecule has 30 heavy (non-hydrogen) atoms. The second kappa shape index (κ2) is 8.99. The first kappa shape index (κ1) is 20.6. The van der Waals surface area contributed by atoms with Gasteiger partial charge in [-0.1, -0.05) is 59.6 Å². The quantitative estimate of drug-likeness (QED) is 0.512. The van der Waals surface area contributed by atoms with Crippen molar-refractivity contribution in [2.24, 2.45) is 0 Å². The Morgan fingerprint density at radius 2 is 1.70 bits per heavy atom. The molecule has 154 valence electrons. The van der Waals surface area contributed by atoms with E-state index in [1.165, 1.54) is 0 Å². The molecular formula is C24H23Cl2N3O. The van der Waals surface area contributed by atoms with Crippen molar-refractivity contribution in [3.63, 3.8) is 0 Å². The second-order valence-electron chi connectivity index (χ2n) is 7.46. The van der Waals surface area contributed by atoms with Crippen LogP contribution >= 0.6 is 23.2 Å². The molecule has 1 aliphatic heterocycles. The first-order valence-electron chi connectivity index (χ1n) is 9.90. The lowest BCUT2D eigenvalue weighted by molar-refractivity contribution is 0.198. The largest absolute Gasteiger partial charge is 0.360 e. The number of nitrogens with zero attached hydrogens (tertiary/aromatic N) is 2. The number of benzene rings is 3. The van der Waals surface area contributed by atoms with Gasteiger partial charge in [0, 0.05) is 30.3 Å². The summed E-state index contributed by atoms with van der Waals surface area (Å²) in [6.45, 7) is 3.86. The number of amides is 2. The first-order valence-corrected chi connectivity index (χ1v) is 10.7. The molecule has 0 aromatic heterocycles. The zero-order chi connectivity index (χ0) is 21.1. The van der Waals surface area contributed by atoms with E-state index in [1.54, 1.807) is 0 Å². The van der Waals surface area contributed by atoms with Gasteiger partial charge in [0.25, 0.3) is 0 Å². The van der Waals surface area contributed by atoms with Crippen LogP contribution in [0.1, 0.15) is 17.2 Å². The number of carbonyl (C=O) groups is 1. The monoisotopic (exact) mass is 439 g/mol. The van der Waals surface area contributed by atoms with Crippen LogP contribution in [0.15, 0.2) is 72.8 Å². The Balaban J connectivity index is 1.61. The van der Waals surface area contributed by atoms with Gasteiger partial charge < -0.3 is 15.1 Å². The van der Waals surface area contributed by atoms with E-state index in [9.17, 15) is 4.79 Å². The summed E-state index contributed by atoms with van der Waals surface area (Å²) in [5.74, 6) is 0. The van der Waals surface area contributed by atoms with Gasteiger partial charge in [-0.25, -0.2) is 4.79 Å². The summed E-state index contributed by atoms with van der Waals surface area (Å²) in [6, 6.07) is 23.3. The number of anilines is 2. The topological polar surface area (TPSA) is 35.6 Å². The highest BCUT2D eigenvalue weighted by Gasteiger charge is 2.32. The maximum absolute atomic E-state index is 12.9. The third-order valence-electron chi connectivity index (χ3n) is 5.36. The number of piperazine rings is 1. The number of aryl methyl sites for hydroxylation is 1. The second-order valence-corrected chi connectivity index (χ2v) is 8.30. The lowest BCUT2D eigenvalue weighted by Gasteiger charge is -2.43. The van der Waals surface area contributed by atoms with Crippen molar-refractivity contribution in [2.45, 2.75) is 13.0 Å². The fourth-order valence-electron chi connectivity index (χ4n) is 3.79. The maximum Gasteiger partial charge on any atom is 0.321 e. The molecule has 1 heterocycles. The van der Waals surface area contributed by atoms with Crippen LogP contribution in [-0.2, 0) is 0 Å². The Hall–Kier alpha value is -2.69. The molecule has 1 aliphatic rings. The minimum Gasteiger partial charge on any atom is -0.360 e. The van der Waals surface area contributed by atoms with Gasteiger partial charge in [0.05, 0.1) is 16.8 Å². The number of nitrogens with one attached hydrogen (secondary N) is 1. The van der Waals surface area contributed by atoms with Gasteiger partial charge >= 0.3 is 6.03 Å². The standard InChI is InChI=1S/C24H23Cl2N3O/c1-17-7-12-22(21(26)15-17)29-14-13-28(24(30)27-20-5-3-2-4-6-20)16-23(29)18-8-10-19(25)11-9-18/h2-12,15,23H,13-14,16H2,1H3,(H,27,30). The summed E-state index contributed by atoms with van der Waals surface area (Å²) in [6.07, 6.45) is 0. The van der Waals surface area contributed by atoms with Crippen LogP contribution in [0.2, 0.25) is 10.0 Å². The molecule has 0 radical (unpaired) electrons. The van der Waals surface area contributed by atoms with Crippen molar-refractivity contribution < 1.29 is 4.79 Å². The van der Waals surface area contributed by atoms with Gasteiger partial charge in [0.2, 0.25) is 0 Å². The number of hydrogen-bond donors (Lipinski definition) is 1. The molecule has 1 unspecified atom stereocenters. The lowest BCUT2D eigenvalue weighted by Crippen LogP contribution is -2.51. The minimum absolute atomic E-state index is 0.0299. The molecule has 1 N–H and O–H groups in total. The summed E-state index contributed by atoms with van der Waals surface area (Å²) in [4.78, 5) is 17.0. The molecule has 3 aromatic rings. The summed E-state index contributed by atoms with van der Waals surface area (Å²) < 4.78 is 0. The minimum atomic E-state index is -0.102. The smallest absolute Gasteiger partial charge is 0.321 e. The van der Waals surface area contributed by atoms with Crippen LogP contribution in [0.25, 0.3) is 0 Å². The third kappa shape index (κ3) is 4.55. The van der Waals surface area contributed by atoms with Gasteiger partial charge in [-0.3, -0.25) is 0 Å². The highest BCUT2D eigenvalue weighted by Crippen LogP contribution is 2.36. The maximum atomic E-state index is 12.9. The summed E-state index contributed by atoms with van der Waals surface area (Å²) in [5, 5.41) is 4.39. The van der Waals surface area contributed by atoms with Crippen LogP contribution in [-0.4, -0.2) is 30.6 Å². The predicted molar refractivity (Wildman–Crippen MR) is 125 cm³/mol. The highest BCUT2D eigenvalue weighted by molar-refractivity contribution is 6.33. The number of rotatable bonds is 3. The third-order valence-corrected chi connectivity index (χ3v) is 5.91. The van der Waals surface area contributed by atoms with E-state index in [1.807, 2.05) is 72.5 Å². The zero-order valence-electron chi connectivity index (χ0n) is 16.7. The molecule has 0 spiro atoms. The van der Waals surface area contributed by atoms with E-state index >= 15 is 0 Å². The van der Waals surface area contributed by atoms with E-state index in [0.717, 1.165) is 27.5 Å². The Bertz CT molecular complexity index is 1020. The number of urea groups is 1. The van der Waals surface area contributed by atoms with E-state index in [4.69, 9.17) is 23.2 Å². The van der Waals surface area contributed by atoms with E-state index in [-0.39, 0.29) is 12.1 Å². The number of carbonyl (C=O) groups excluding carboxylic acids is 1. The number of para-hydroxylation sites is 1. The predicted octanol–water partition coefficient (Wildman–Crippen LogP) is 6.40. The van der Waals surface area contributed by atoms with Gasteiger partial charge in [0.1, 0.15) is 0 Å². The lowest BCUT2D eigenvalue weighted by atomic mass is 10.0. The molecule has 2 amide bonds. The van der Waals surface area contributed by atoms with Crippen molar-refractivity contribution in [3.05, 3.63) is 94.0 Å². The van der Waals surface area contributed by atoms with Gasteiger partial charge in [-0.05, 0) is 54.4 Å². The Morgan fingerprint density at radius 3 is 2.40 bits per heavy atom. The van der Waals surface area contributed by atoms with Crippen molar-refractivity contribution in [2.75, 3.05) is 29.9 Å². The van der Waals surface area contributed by atoms with Crippen LogP contribution in [0.5, 0.6) is 0 Å². The molecule has 0 bridgehead atoms. The Labute approximate surface area is 187 Å². The van der Waals surface area contributed by atoms with Crippen LogP contribution in [0.4, 0.5) is 16.2 Å². The molecule has 0 saturated carbocycles. The van der Waals surface area contributed by atoms with Gasteiger partial charge in [-0.2, -0.15) is 0 Å². The first-order chi connectivity index (χ1) is 14.5. The molecule has 4 nitrogen and oxygen atoms in total. The fourth-order valence-corrected chi connectivity index (χ4v) is 4.26. The van der Waals surface area contributed by atoms with Crippen molar-refractivity contribution >= 4 is 40.6 Å². The molecule has 4 rings (SSSR count). The summed E-state index contributed by atoms with van der Waals surface area (Å²) in [5.41, 5.74) is 3.97. The average molecular weight is 440 g/mol. The normalized spacial score (nSPS) is 16.4. The summed E-state index contributed by atoms with van der Waals surface area (Å²) >= 11 is 12.7. The molecule has 3 aromatic carbocycles. The Kier molecular flexibility index (Phi) is 6.16. The van der Waals surface area contributed by atoms with E-state index in [0.29, 0.717) is 24.7 Å². The summed E-state index contributed by atoms with van der Waals surface area (Å²) in [7, 11) is 0. The fraction of sp³-hybridized carbons (Fsp3) is 0.208. The molecule has 6 heteroatoms. The highest BCUT2D eigenvalue weighted by atomic mass is 35.5. The van der Waals surface area contributed by atoms with Gasteiger partial charge in [-0.15, -0.1) is 0 Å². The molecular weight excluding hydrogens is 417 g/mol. The van der Waals surface area contributed by atoms with Crippen molar-refractivity contribution in [3.8, 4) is 0 Å². The molecule has 0 aliphatic carbocycles. The van der Waals surface area contributed by atoms with Crippen molar-refractivity contribution in [1.82, 2.24) is 4.90 Å². The Morgan fingerprint density at radius 1 is 0.967 bits per heavy atom. The van der Waals surface area contributed by atoms with Crippen LogP contribution in [0.3, 0.4) is 0 Å². The molecule has 1 atom stereocenters. The van der Waals surface area contributed by atoms with Crippen LogP contribution < -0.4 is 10.2 Å². The average Bonchev–Trinajstić information content (AvgIpc) is 2.75. The van der Waals surface area contributed by atoms with E-state index in [2.05, 4.69) is 22.3 Å². The molecule has 1 saturated heterocycles. The number of hydrogen-bond acceptors (Lipinski definition) is 2. The van der Waals surface area contributed by atoms with Gasteiger partial charge in [0.15, 0.2) is 0 Å². The van der Waals surface area contributed by atoms with E-state index < -0.39 is 0 Å². The molecule has 1 fully saturated rings. The number of halogens is 2. The SMILES string of the molecule is Cc1ccc(N2CCN(C(=O)Nc3ccccc3)CC2c2ccc(Cl)cc2)c(Cl)c1.